The first-order valence-electron chi connectivity index (χ1n) is 22.3. The molecule has 0 bridgehead atoms. The standard InChI is InChI=1S/C44H84NO8P/c1-3-5-7-9-11-13-15-17-19-20-21-23-25-27-29-31-33-35-37-44(47)53-42(41-52-54(48,49)51-39-38-45)40-50-43(46)36-34-32-30-28-26-24-22-18-16-14-12-10-8-6-4-2/h18,22,26,28,42H,3-17,19-21,23-25,27,29-41,45H2,1-2H3,(H,48,49)/b22-18+,28-26+/t42-/m1/s1. The molecule has 0 radical (unpaired) electrons. The van der Waals surface area contributed by atoms with Gasteiger partial charge in [-0.15, -0.1) is 0 Å². The molecule has 0 aromatic heterocycles. The van der Waals surface area contributed by atoms with Gasteiger partial charge in [0, 0.05) is 19.4 Å². The molecule has 0 heterocycles. The van der Waals surface area contributed by atoms with Crippen molar-refractivity contribution in [3.63, 3.8) is 0 Å². The number of unbranched alkanes of at least 4 members (excludes halogenated alkanes) is 25. The Kier molecular flexibility index (Phi) is 40.0. The van der Waals surface area contributed by atoms with E-state index in [4.69, 9.17) is 24.3 Å². The molecule has 54 heavy (non-hydrogen) atoms. The highest BCUT2D eigenvalue weighted by molar-refractivity contribution is 7.47. The lowest BCUT2D eigenvalue weighted by molar-refractivity contribution is -0.161. The molecule has 0 saturated heterocycles. The topological polar surface area (TPSA) is 134 Å². The highest BCUT2D eigenvalue weighted by atomic mass is 31.2. The second-order valence-electron chi connectivity index (χ2n) is 14.9. The molecule has 3 N–H and O–H groups in total. The molecular weight excluding hydrogens is 701 g/mol. The van der Waals surface area contributed by atoms with E-state index in [1.807, 2.05) is 0 Å². The largest absolute Gasteiger partial charge is 0.472 e. The van der Waals surface area contributed by atoms with Gasteiger partial charge in [0.05, 0.1) is 13.2 Å². The minimum Gasteiger partial charge on any atom is -0.462 e. The molecule has 2 atom stereocenters. The molecule has 9 nitrogen and oxygen atoms in total. The summed E-state index contributed by atoms with van der Waals surface area (Å²) in [5.41, 5.74) is 5.35. The predicted molar refractivity (Wildman–Crippen MR) is 224 cm³/mol. The Morgan fingerprint density at radius 3 is 1.44 bits per heavy atom. The van der Waals surface area contributed by atoms with Crippen molar-refractivity contribution in [1.82, 2.24) is 0 Å². The van der Waals surface area contributed by atoms with Crippen molar-refractivity contribution < 1.29 is 37.6 Å². The highest BCUT2D eigenvalue weighted by Crippen LogP contribution is 2.43. The fraction of sp³-hybridized carbons (Fsp3) is 0.864. The summed E-state index contributed by atoms with van der Waals surface area (Å²) in [5.74, 6) is -0.858. The normalized spacial score (nSPS) is 13.5. The Morgan fingerprint density at radius 2 is 0.963 bits per heavy atom. The molecule has 0 aliphatic carbocycles. The van der Waals surface area contributed by atoms with Crippen molar-refractivity contribution in [3.05, 3.63) is 24.3 Å². The van der Waals surface area contributed by atoms with Crippen LogP contribution in [0.1, 0.15) is 213 Å². The van der Waals surface area contributed by atoms with Gasteiger partial charge in [-0.3, -0.25) is 18.6 Å². The minimum atomic E-state index is -4.38. The smallest absolute Gasteiger partial charge is 0.462 e. The lowest BCUT2D eigenvalue weighted by Gasteiger charge is -2.19. The van der Waals surface area contributed by atoms with Crippen LogP contribution in [0.4, 0.5) is 0 Å². The van der Waals surface area contributed by atoms with Gasteiger partial charge >= 0.3 is 19.8 Å². The molecule has 0 amide bonds. The van der Waals surface area contributed by atoms with E-state index in [9.17, 15) is 19.0 Å². The van der Waals surface area contributed by atoms with Gasteiger partial charge in [0.15, 0.2) is 6.10 Å². The molecule has 0 aliphatic rings. The maximum absolute atomic E-state index is 12.6. The van der Waals surface area contributed by atoms with Gasteiger partial charge in [-0.25, -0.2) is 4.57 Å². The number of esters is 2. The lowest BCUT2D eigenvalue weighted by Crippen LogP contribution is -2.29. The molecule has 0 aliphatic heterocycles. The third-order valence-electron chi connectivity index (χ3n) is 9.59. The van der Waals surface area contributed by atoms with E-state index in [2.05, 4.69) is 38.2 Å². The molecule has 0 aromatic carbocycles. The average molecular weight is 786 g/mol. The van der Waals surface area contributed by atoms with Crippen LogP contribution in [0, 0.1) is 0 Å². The van der Waals surface area contributed by atoms with Crippen molar-refractivity contribution in [2.75, 3.05) is 26.4 Å². The second kappa shape index (κ2) is 41.1. The van der Waals surface area contributed by atoms with E-state index in [-0.39, 0.29) is 32.6 Å². The maximum Gasteiger partial charge on any atom is 0.472 e. The lowest BCUT2D eigenvalue weighted by atomic mass is 10.0. The summed E-state index contributed by atoms with van der Waals surface area (Å²) < 4.78 is 32.8. The second-order valence-corrected chi connectivity index (χ2v) is 16.4. The predicted octanol–water partition coefficient (Wildman–Crippen LogP) is 12.8. The van der Waals surface area contributed by atoms with E-state index in [1.54, 1.807) is 0 Å². The number of ether oxygens (including phenoxy) is 2. The van der Waals surface area contributed by atoms with Gasteiger partial charge < -0.3 is 20.1 Å². The molecule has 318 valence electrons. The van der Waals surface area contributed by atoms with Crippen LogP contribution < -0.4 is 5.73 Å². The quantitative estimate of drug-likeness (QED) is 0.0268. The van der Waals surface area contributed by atoms with Crippen molar-refractivity contribution in [2.45, 2.75) is 219 Å². The van der Waals surface area contributed by atoms with E-state index in [0.717, 1.165) is 38.5 Å². The van der Waals surface area contributed by atoms with Gasteiger partial charge in [0.1, 0.15) is 6.61 Å². The molecular formula is C44H84NO8P. The Labute approximate surface area is 332 Å². The van der Waals surface area contributed by atoms with Crippen LogP contribution in [-0.2, 0) is 32.7 Å². The van der Waals surface area contributed by atoms with Gasteiger partial charge in [0.25, 0.3) is 0 Å². The van der Waals surface area contributed by atoms with Crippen LogP contribution in [0.2, 0.25) is 0 Å². The zero-order chi connectivity index (χ0) is 39.6. The number of phosphoric ester groups is 1. The third-order valence-corrected chi connectivity index (χ3v) is 10.6. The number of carbonyl (C=O) groups excluding carboxylic acids is 2. The van der Waals surface area contributed by atoms with Crippen molar-refractivity contribution >= 4 is 19.8 Å². The number of allylic oxidation sites excluding steroid dienone is 4. The first-order valence-corrected chi connectivity index (χ1v) is 23.8. The first kappa shape index (κ1) is 52.5. The Balaban J connectivity index is 4.15. The fourth-order valence-electron chi connectivity index (χ4n) is 6.25. The Bertz CT molecular complexity index is 944. The third kappa shape index (κ3) is 40.2. The van der Waals surface area contributed by atoms with Gasteiger partial charge in [-0.05, 0) is 44.9 Å². The summed E-state index contributed by atoms with van der Waals surface area (Å²) in [6.45, 7) is 3.71. The zero-order valence-corrected chi connectivity index (χ0v) is 35.9. The van der Waals surface area contributed by atoms with Crippen LogP contribution in [0.3, 0.4) is 0 Å². The fourth-order valence-corrected chi connectivity index (χ4v) is 7.02. The Morgan fingerprint density at radius 1 is 0.556 bits per heavy atom. The van der Waals surface area contributed by atoms with Crippen LogP contribution in [0.25, 0.3) is 0 Å². The van der Waals surface area contributed by atoms with Crippen molar-refractivity contribution in [3.8, 4) is 0 Å². The summed E-state index contributed by atoms with van der Waals surface area (Å²) in [6.07, 6.45) is 43.5. The highest BCUT2D eigenvalue weighted by Gasteiger charge is 2.26. The monoisotopic (exact) mass is 786 g/mol. The maximum atomic E-state index is 12.6. The molecule has 0 saturated carbocycles. The molecule has 0 aromatic rings. The summed E-state index contributed by atoms with van der Waals surface area (Å²) in [5, 5.41) is 0. The van der Waals surface area contributed by atoms with E-state index in [0.29, 0.717) is 12.8 Å². The van der Waals surface area contributed by atoms with Crippen LogP contribution >= 0.6 is 7.82 Å². The van der Waals surface area contributed by atoms with Crippen LogP contribution in [0.15, 0.2) is 24.3 Å². The number of carbonyl (C=O) groups is 2. The molecule has 1 unspecified atom stereocenters. The molecule has 10 heteroatoms. The van der Waals surface area contributed by atoms with Crippen molar-refractivity contribution in [2.24, 2.45) is 5.73 Å². The van der Waals surface area contributed by atoms with E-state index < -0.39 is 32.5 Å². The summed E-state index contributed by atoms with van der Waals surface area (Å²) in [7, 11) is -4.38. The number of hydrogen-bond donors (Lipinski definition) is 2. The first-order chi connectivity index (χ1) is 26.3. The van der Waals surface area contributed by atoms with Gasteiger partial charge in [-0.2, -0.15) is 0 Å². The summed E-state index contributed by atoms with van der Waals surface area (Å²) in [4.78, 5) is 34.9. The number of phosphoric acid groups is 1. The van der Waals surface area contributed by atoms with Gasteiger partial charge in [0.2, 0.25) is 0 Å². The SMILES string of the molecule is CCCCCCCC/C=C/C/C=C/CCCCC(=O)OC[C@H](COP(=O)(O)OCCN)OC(=O)CCCCCCCCCCCCCCCCCCCC. The average Bonchev–Trinajstić information content (AvgIpc) is 3.16. The number of rotatable bonds is 42. The van der Waals surface area contributed by atoms with Crippen LogP contribution in [0.5, 0.6) is 0 Å². The van der Waals surface area contributed by atoms with E-state index in [1.165, 1.54) is 135 Å². The summed E-state index contributed by atoms with van der Waals surface area (Å²) in [6, 6.07) is 0. The molecule has 0 fully saturated rings. The molecule has 0 rings (SSSR count). The summed E-state index contributed by atoms with van der Waals surface area (Å²) >= 11 is 0. The Hall–Kier alpha value is -1.51. The number of nitrogens with two attached hydrogens (primary N) is 1. The van der Waals surface area contributed by atoms with E-state index >= 15 is 0 Å². The van der Waals surface area contributed by atoms with Gasteiger partial charge in [-0.1, -0.05) is 179 Å². The molecule has 0 spiro atoms. The number of hydrogen-bond acceptors (Lipinski definition) is 8. The zero-order valence-electron chi connectivity index (χ0n) is 35.0. The minimum absolute atomic E-state index is 0.0511. The van der Waals surface area contributed by atoms with Crippen molar-refractivity contribution in [1.29, 1.82) is 0 Å². The van der Waals surface area contributed by atoms with Crippen LogP contribution in [-0.4, -0.2) is 49.3 Å².